The summed E-state index contributed by atoms with van der Waals surface area (Å²) in [5, 5.41) is 1.44. The SMILES string of the molecule is C[C@H](Oc1c(Br)c(I)cc2c(Cl)cc(OC3CCOCC3)nc12)c1ccccc1. The van der Waals surface area contributed by atoms with E-state index in [1.807, 2.05) is 31.2 Å². The van der Waals surface area contributed by atoms with E-state index in [1.54, 1.807) is 6.07 Å². The van der Waals surface area contributed by atoms with E-state index in [4.69, 9.17) is 30.8 Å². The average molecular weight is 589 g/mol. The monoisotopic (exact) mass is 587 g/mol. The highest BCUT2D eigenvalue weighted by molar-refractivity contribution is 14.1. The number of halogens is 3. The molecule has 2 aromatic carbocycles. The molecule has 0 spiro atoms. The van der Waals surface area contributed by atoms with Gasteiger partial charge in [0, 0.05) is 27.9 Å². The number of fused-ring (bicyclic) bond motifs is 1. The fourth-order valence-corrected chi connectivity index (χ4v) is 4.51. The van der Waals surface area contributed by atoms with Crippen molar-refractivity contribution in [1.29, 1.82) is 0 Å². The third-order valence-corrected chi connectivity index (χ3v) is 7.59. The average Bonchev–Trinajstić information content (AvgIpc) is 2.73. The zero-order chi connectivity index (χ0) is 20.4. The summed E-state index contributed by atoms with van der Waals surface area (Å²) in [6.07, 6.45) is 1.64. The first kappa shape index (κ1) is 21.2. The van der Waals surface area contributed by atoms with Crippen LogP contribution in [0.25, 0.3) is 10.9 Å². The minimum Gasteiger partial charge on any atom is -0.483 e. The molecule has 0 saturated carbocycles. The molecule has 1 aliphatic heterocycles. The fraction of sp³-hybridized carbons (Fsp3) is 0.318. The molecular weight excluding hydrogens is 569 g/mol. The van der Waals surface area contributed by atoms with Crippen molar-refractivity contribution >= 4 is 61.0 Å². The lowest BCUT2D eigenvalue weighted by atomic mass is 10.1. The van der Waals surface area contributed by atoms with Crippen molar-refractivity contribution in [2.45, 2.75) is 32.0 Å². The topological polar surface area (TPSA) is 40.6 Å². The van der Waals surface area contributed by atoms with E-state index in [1.165, 1.54) is 0 Å². The first-order valence-corrected chi connectivity index (χ1v) is 11.7. The number of nitrogens with zero attached hydrogens (tertiary/aromatic N) is 1. The van der Waals surface area contributed by atoms with E-state index in [0.29, 0.717) is 35.4 Å². The van der Waals surface area contributed by atoms with E-state index in [2.05, 4.69) is 50.7 Å². The largest absolute Gasteiger partial charge is 0.483 e. The van der Waals surface area contributed by atoms with Crippen LogP contribution in [0.5, 0.6) is 11.6 Å². The second kappa shape index (κ2) is 9.37. The Labute approximate surface area is 197 Å². The summed E-state index contributed by atoms with van der Waals surface area (Å²) < 4.78 is 19.8. The second-order valence-electron chi connectivity index (χ2n) is 6.94. The standard InChI is InChI=1S/C22H20BrClINO3/c1-13(14-5-3-2-4-6-14)28-22-20(23)18(25)11-16-17(24)12-19(26-21(16)22)29-15-7-9-27-10-8-15/h2-6,11-13,15H,7-10H2,1H3/t13-/m0/s1. The van der Waals surface area contributed by atoms with Gasteiger partial charge >= 0.3 is 0 Å². The summed E-state index contributed by atoms with van der Waals surface area (Å²) >= 11 is 12.6. The normalized spacial score (nSPS) is 16.0. The summed E-state index contributed by atoms with van der Waals surface area (Å²) in [6.45, 7) is 3.44. The van der Waals surface area contributed by atoms with E-state index in [-0.39, 0.29) is 12.2 Å². The molecule has 1 atom stereocenters. The third kappa shape index (κ3) is 4.81. The number of benzene rings is 2. The van der Waals surface area contributed by atoms with Crippen molar-refractivity contribution in [2.75, 3.05) is 13.2 Å². The summed E-state index contributed by atoms with van der Waals surface area (Å²) in [5.74, 6) is 1.18. The predicted octanol–water partition coefficient (Wildman–Crippen LogP) is 6.95. The Morgan fingerprint density at radius 2 is 1.93 bits per heavy atom. The van der Waals surface area contributed by atoms with Crippen LogP contribution in [0.15, 0.2) is 46.9 Å². The van der Waals surface area contributed by atoms with Gasteiger partial charge in [0.1, 0.15) is 17.7 Å². The van der Waals surface area contributed by atoms with Crippen LogP contribution in [0.2, 0.25) is 5.02 Å². The Bertz CT molecular complexity index is 1010. The summed E-state index contributed by atoms with van der Waals surface area (Å²) in [4.78, 5) is 4.77. The molecule has 0 unspecified atom stereocenters. The van der Waals surface area contributed by atoms with Gasteiger partial charge in [-0.25, -0.2) is 4.98 Å². The number of ether oxygens (including phenoxy) is 3. The quantitative estimate of drug-likeness (QED) is 0.303. The molecule has 2 heterocycles. The molecule has 152 valence electrons. The molecule has 7 heteroatoms. The lowest BCUT2D eigenvalue weighted by molar-refractivity contribution is 0.0238. The van der Waals surface area contributed by atoms with E-state index in [0.717, 1.165) is 31.8 Å². The van der Waals surface area contributed by atoms with Gasteiger partial charge in [-0.05, 0) is 57.1 Å². The van der Waals surface area contributed by atoms with Crippen LogP contribution >= 0.6 is 50.1 Å². The van der Waals surface area contributed by atoms with Gasteiger partial charge in [0.15, 0.2) is 5.75 Å². The van der Waals surface area contributed by atoms with Gasteiger partial charge in [0.2, 0.25) is 5.88 Å². The van der Waals surface area contributed by atoms with Crippen molar-refractivity contribution in [3.05, 3.63) is 61.1 Å². The number of hydrogen-bond donors (Lipinski definition) is 0. The molecule has 29 heavy (non-hydrogen) atoms. The highest BCUT2D eigenvalue weighted by Crippen LogP contribution is 2.42. The molecule has 4 nitrogen and oxygen atoms in total. The van der Waals surface area contributed by atoms with Crippen molar-refractivity contribution in [2.24, 2.45) is 0 Å². The Balaban J connectivity index is 1.73. The maximum absolute atomic E-state index is 6.61. The van der Waals surface area contributed by atoms with E-state index < -0.39 is 0 Å². The Morgan fingerprint density at radius 1 is 1.21 bits per heavy atom. The van der Waals surface area contributed by atoms with Crippen LogP contribution in [-0.4, -0.2) is 24.3 Å². The zero-order valence-corrected chi connectivity index (χ0v) is 20.3. The molecular formula is C22H20BrClINO3. The number of aromatic nitrogens is 1. The van der Waals surface area contributed by atoms with Crippen molar-refractivity contribution in [3.63, 3.8) is 0 Å². The Kier molecular flexibility index (Phi) is 6.83. The van der Waals surface area contributed by atoms with Crippen LogP contribution in [0.4, 0.5) is 0 Å². The van der Waals surface area contributed by atoms with Gasteiger partial charge in [-0.3, -0.25) is 0 Å². The predicted molar refractivity (Wildman–Crippen MR) is 127 cm³/mol. The molecule has 1 saturated heterocycles. The van der Waals surface area contributed by atoms with Crippen molar-refractivity contribution < 1.29 is 14.2 Å². The molecule has 1 fully saturated rings. The molecule has 0 N–H and O–H groups in total. The fourth-order valence-electron chi connectivity index (χ4n) is 3.32. The molecule has 0 bridgehead atoms. The Hall–Kier alpha value is -1.09. The first-order chi connectivity index (χ1) is 14.0. The smallest absolute Gasteiger partial charge is 0.215 e. The third-order valence-electron chi connectivity index (χ3n) is 4.90. The second-order valence-corrected chi connectivity index (χ2v) is 9.30. The summed E-state index contributed by atoms with van der Waals surface area (Å²) in [5.41, 5.74) is 1.78. The van der Waals surface area contributed by atoms with Gasteiger partial charge in [-0.2, -0.15) is 0 Å². The minimum atomic E-state index is -0.144. The van der Waals surface area contributed by atoms with Gasteiger partial charge < -0.3 is 14.2 Å². The summed E-state index contributed by atoms with van der Waals surface area (Å²) in [7, 11) is 0. The highest BCUT2D eigenvalue weighted by atomic mass is 127. The van der Waals surface area contributed by atoms with Crippen LogP contribution in [0, 0.1) is 3.57 Å². The molecule has 1 aliphatic rings. The van der Waals surface area contributed by atoms with E-state index in [9.17, 15) is 0 Å². The van der Waals surface area contributed by atoms with Gasteiger partial charge in [-0.15, -0.1) is 0 Å². The van der Waals surface area contributed by atoms with Crippen LogP contribution in [0.3, 0.4) is 0 Å². The lowest BCUT2D eigenvalue weighted by Crippen LogP contribution is -2.26. The maximum Gasteiger partial charge on any atom is 0.215 e. The minimum absolute atomic E-state index is 0.0877. The highest BCUT2D eigenvalue weighted by Gasteiger charge is 2.21. The van der Waals surface area contributed by atoms with Crippen molar-refractivity contribution in [3.8, 4) is 11.6 Å². The molecule has 0 amide bonds. The number of rotatable bonds is 5. The molecule has 0 aliphatic carbocycles. The molecule has 3 aromatic rings. The number of pyridine rings is 1. The van der Waals surface area contributed by atoms with Crippen LogP contribution in [0.1, 0.15) is 31.4 Å². The number of hydrogen-bond acceptors (Lipinski definition) is 4. The van der Waals surface area contributed by atoms with Gasteiger partial charge in [0.05, 0.1) is 22.7 Å². The van der Waals surface area contributed by atoms with Gasteiger partial charge in [0.25, 0.3) is 0 Å². The maximum atomic E-state index is 6.61. The first-order valence-electron chi connectivity index (χ1n) is 9.47. The molecule has 0 radical (unpaired) electrons. The van der Waals surface area contributed by atoms with Crippen molar-refractivity contribution in [1.82, 2.24) is 4.98 Å². The molecule has 4 rings (SSSR count). The summed E-state index contributed by atoms with van der Waals surface area (Å²) in [6, 6.07) is 13.9. The van der Waals surface area contributed by atoms with Gasteiger partial charge in [-0.1, -0.05) is 41.9 Å². The lowest BCUT2D eigenvalue weighted by Gasteiger charge is -2.23. The van der Waals surface area contributed by atoms with E-state index >= 15 is 0 Å². The Morgan fingerprint density at radius 3 is 2.66 bits per heavy atom. The molecule has 1 aromatic heterocycles. The van der Waals surface area contributed by atoms with Crippen LogP contribution in [-0.2, 0) is 4.74 Å². The van der Waals surface area contributed by atoms with Crippen LogP contribution < -0.4 is 9.47 Å². The zero-order valence-electron chi connectivity index (χ0n) is 15.8.